The maximum Gasteiger partial charge on any atom is 0.223 e. The van der Waals surface area contributed by atoms with Crippen molar-refractivity contribution in [2.45, 2.75) is 52.0 Å². The number of aryl methyl sites for hydroxylation is 2. The second kappa shape index (κ2) is 8.55. The maximum atomic E-state index is 12.5. The Bertz CT molecular complexity index is 992. The van der Waals surface area contributed by atoms with Crippen molar-refractivity contribution in [3.8, 4) is 0 Å². The minimum Gasteiger partial charge on any atom is -0.365 e. The number of fused-ring (bicyclic) bond motifs is 1. The minimum atomic E-state index is 0.0720. The molecule has 29 heavy (non-hydrogen) atoms. The van der Waals surface area contributed by atoms with E-state index < -0.39 is 0 Å². The summed E-state index contributed by atoms with van der Waals surface area (Å²) in [6, 6.07) is 8.51. The van der Waals surface area contributed by atoms with Crippen molar-refractivity contribution in [3.63, 3.8) is 0 Å². The van der Waals surface area contributed by atoms with Gasteiger partial charge in [0.2, 0.25) is 5.91 Å². The van der Waals surface area contributed by atoms with E-state index in [0.29, 0.717) is 19.0 Å². The Hall–Kier alpha value is -3.03. The van der Waals surface area contributed by atoms with Crippen molar-refractivity contribution in [2.75, 3.05) is 11.9 Å². The van der Waals surface area contributed by atoms with Crippen LogP contribution in [0.4, 0.5) is 5.82 Å². The molecule has 1 aliphatic carbocycles. The molecule has 1 aromatic carbocycles. The molecule has 0 bridgehead atoms. The molecule has 0 aliphatic heterocycles. The van der Waals surface area contributed by atoms with Gasteiger partial charge in [0.1, 0.15) is 5.82 Å². The number of hydrogen-bond donors (Lipinski definition) is 3. The molecule has 1 amide bonds. The van der Waals surface area contributed by atoms with Gasteiger partial charge in [0.15, 0.2) is 11.6 Å². The number of rotatable bonds is 6. The molecule has 3 N–H and O–H groups in total. The molecular formula is C21H27N7O. The van der Waals surface area contributed by atoms with Gasteiger partial charge >= 0.3 is 0 Å². The van der Waals surface area contributed by atoms with Gasteiger partial charge in [-0.25, -0.2) is 4.98 Å². The summed E-state index contributed by atoms with van der Waals surface area (Å²) in [5.74, 6) is 2.57. The predicted molar refractivity (Wildman–Crippen MR) is 111 cm³/mol. The maximum absolute atomic E-state index is 12.5. The van der Waals surface area contributed by atoms with Crippen LogP contribution in [0.15, 0.2) is 24.3 Å². The summed E-state index contributed by atoms with van der Waals surface area (Å²) in [5, 5.41) is 24.4. The van der Waals surface area contributed by atoms with E-state index in [1.165, 1.54) is 0 Å². The molecule has 8 heteroatoms. The van der Waals surface area contributed by atoms with Crippen LogP contribution in [0.25, 0.3) is 10.8 Å². The zero-order valence-electron chi connectivity index (χ0n) is 16.9. The van der Waals surface area contributed by atoms with Crippen molar-refractivity contribution in [1.82, 2.24) is 30.7 Å². The van der Waals surface area contributed by atoms with E-state index in [-0.39, 0.29) is 11.8 Å². The molecule has 3 aromatic rings. The van der Waals surface area contributed by atoms with Crippen LogP contribution in [0.2, 0.25) is 0 Å². The van der Waals surface area contributed by atoms with Crippen molar-refractivity contribution in [3.05, 3.63) is 41.6 Å². The summed E-state index contributed by atoms with van der Waals surface area (Å²) in [6.45, 7) is 4.41. The van der Waals surface area contributed by atoms with Crippen molar-refractivity contribution >= 4 is 22.5 Å². The summed E-state index contributed by atoms with van der Waals surface area (Å²) >= 11 is 0. The molecule has 0 saturated heterocycles. The number of benzene rings is 1. The molecule has 0 atom stereocenters. The number of aromatic nitrogens is 5. The third-order valence-electron chi connectivity index (χ3n) is 5.60. The molecule has 0 spiro atoms. The monoisotopic (exact) mass is 393 g/mol. The van der Waals surface area contributed by atoms with Crippen molar-refractivity contribution in [2.24, 2.45) is 5.92 Å². The lowest BCUT2D eigenvalue weighted by molar-refractivity contribution is -0.125. The summed E-state index contributed by atoms with van der Waals surface area (Å²) in [7, 11) is 0. The van der Waals surface area contributed by atoms with Crippen LogP contribution in [0.5, 0.6) is 0 Å². The molecule has 2 heterocycles. The highest BCUT2D eigenvalue weighted by Gasteiger charge is 2.26. The summed E-state index contributed by atoms with van der Waals surface area (Å²) in [5.41, 5.74) is 0.937. The zero-order chi connectivity index (χ0) is 20.2. The van der Waals surface area contributed by atoms with E-state index in [9.17, 15) is 4.79 Å². The third kappa shape index (κ3) is 4.52. The van der Waals surface area contributed by atoms with Gasteiger partial charge in [0, 0.05) is 35.7 Å². The van der Waals surface area contributed by atoms with E-state index in [1.807, 2.05) is 26.0 Å². The van der Waals surface area contributed by atoms with Gasteiger partial charge in [0.25, 0.3) is 0 Å². The average Bonchev–Trinajstić information content (AvgIpc) is 3.16. The third-order valence-corrected chi connectivity index (χ3v) is 5.60. The van der Waals surface area contributed by atoms with Gasteiger partial charge in [-0.1, -0.05) is 24.3 Å². The highest BCUT2D eigenvalue weighted by Crippen LogP contribution is 2.29. The average molecular weight is 393 g/mol. The van der Waals surface area contributed by atoms with E-state index in [1.54, 1.807) is 0 Å². The van der Waals surface area contributed by atoms with Crippen LogP contribution < -0.4 is 10.6 Å². The summed E-state index contributed by atoms with van der Waals surface area (Å²) in [4.78, 5) is 16.7. The molecule has 4 rings (SSSR count). The normalized spacial score (nSPS) is 19.2. The van der Waals surface area contributed by atoms with Gasteiger partial charge in [-0.3, -0.25) is 9.89 Å². The van der Waals surface area contributed by atoms with E-state index >= 15 is 0 Å². The minimum absolute atomic E-state index is 0.0720. The zero-order valence-corrected chi connectivity index (χ0v) is 16.9. The Labute approximate surface area is 169 Å². The number of carbonyl (C=O) groups is 1. The highest BCUT2D eigenvalue weighted by molar-refractivity contribution is 5.92. The van der Waals surface area contributed by atoms with E-state index in [4.69, 9.17) is 0 Å². The number of aromatic amines is 1. The lowest BCUT2D eigenvalue weighted by atomic mass is 9.85. The molecule has 2 aromatic heterocycles. The Morgan fingerprint density at radius 3 is 2.59 bits per heavy atom. The van der Waals surface area contributed by atoms with Gasteiger partial charge in [-0.15, -0.1) is 5.10 Å². The predicted octanol–water partition coefficient (Wildman–Crippen LogP) is 2.69. The first-order valence-electron chi connectivity index (χ1n) is 10.2. The van der Waals surface area contributed by atoms with Gasteiger partial charge in [-0.05, 0) is 39.5 Å². The number of hydrogen-bond acceptors (Lipinski definition) is 6. The largest absolute Gasteiger partial charge is 0.365 e. The molecule has 1 fully saturated rings. The Kier molecular flexibility index (Phi) is 5.69. The first-order chi connectivity index (χ1) is 14.1. The molecule has 152 valence electrons. The van der Waals surface area contributed by atoms with Crippen molar-refractivity contribution < 1.29 is 4.79 Å². The quantitative estimate of drug-likeness (QED) is 0.594. The van der Waals surface area contributed by atoms with Gasteiger partial charge in [-0.2, -0.15) is 10.2 Å². The topological polar surface area (TPSA) is 108 Å². The number of nitrogens with one attached hydrogen (secondary N) is 3. The molecule has 0 unspecified atom stereocenters. The van der Waals surface area contributed by atoms with Crippen LogP contribution in [-0.4, -0.2) is 43.9 Å². The van der Waals surface area contributed by atoms with Gasteiger partial charge < -0.3 is 10.6 Å². The Balaban J connectivity index is 1.27. The highest BCUT2D eigenvalue weighted by atomic mass is 16.1. The first-order valence-corrected chi connectivity index (χ1v) is 10.2. The lowest BCUT2D eigenvalue weighted by Gasteiger charge is -2.29. The fourth-order valence-corrected chi connectivity index (χ4v) is 3.98. The number of carbonyl (C=O) groups excluding carboxylic acids is 1. The second-order valence-corrected chi connectivity index (χ2v) is 7.75. The molecule has 1 saturated carbocycles. The first kappa shape index (κ1) is 19.3. The molecular weight excluding hydrogens is 366 g/mol. The molecule has 1 aliphatic rings. The van der Waals surface area contributed by atoms with Gasteiger partial charge in [0.05, 0.1) is 5.69 Å². The molecule has 0 radical (unpaired) electrons. The lowest BCUT2D eigenvalue weighted by Crippen LogP contribution is -2.37. The number of nitrogens with zero attached hydrogens (tertiary/aromatic N) is 4. The molecule has 8 nitrogen and oxygen atoms in total. The fraction of sp³-hybridized carbons (Fsp3) is 0.476. The number of anilines is 1. The standard InChI is InChI=1S/C21H27N7O/c1-13-17-5-3-4-6-18(17)20(28-25-13)24-16-9-7-15(8-10-16)21(29)22-12-11-19-23-14(2)26-27-19/h3-6,15-16H,7-12H2,1-2H3,(H,22,29)(H,24,28)(H,23,26,27). The Morgan fingerprint density at radius 2 is 1.86 bits per heavy atom. The van der Waals surface area contributed by atoms with E-state index in [2.05, 4.69) is 48.1 Å². The SMILES string of the molecule is Cc1nc(CCNC(=O)C2CCC(Nc3nnc(C)c4ccccc34)CC2)n[nH]1. The van der Waals surface area contributed by atoms with Crippen LogP contribution in [-0.2, 0) is 11.2 Å². The summed E-state index contributed by atoms with van der Waals surface area (Å²) in [6.07, 6.45) is 4.29. The van der Waals surface area contributed by atoms with E-state index in [0.717, 1.165) is 59.6 Å². The van der Waals surface area contributed by atoms with Crippen LogP contribution in [0.1, 0.15) is 43.0 Å². The van der Waals surface area contributed by atoms with Crippen LogP contribution in [0.3, 0.4) is 0 Å². The van der Waals surface area contributed by atoms with Crippen LogP contribution >= 0.6 is 0 Å². The fourth-order valence-electron chi connectivity index (χ4n) is 3.98. The Morgan fingerprint density at radius 1 is 1.10 bits per heavy atom. The second-order valence-electron chi connectivity index (χ2n) is 7.75. The smallest absolute Gasteiger partial charge is 0.223 e. The number of amides is 1. The summed E-state index contributed by atoms with van der Waals surface area (Å²) < 4.78 is 0. The van der Waals surface area contributed by atoms with Crippen LogP contribution in [0, 0.1) is 19.8 Å². The number of H-pyrrole nitrogens is 1. The van der Waals surface area contributed by atoms with Crippen molar-refractivity contribution in [1.29, 1.82) is 0 Å².